The molecule has 16 unspecified atom stereocenters. The van der Waals surface area contributed by atoms with Crippen molar-refractivity contribution in [3.8, 4) is 46.0 Å². The minimum Gasteiger partial charge on any atom is -0.493 e. The average molecular weight is 1760 g/mol. The lowest BCUT2D eigenvalue weighted by atomic mass is 9.79. The summed E-state index contributed by atoms with van der Waals surface area (Å²) in [6.45, 7) is -60.6. The van der Waals surface area contributed by atoms with Crippen molar-refractivity contribution in [2.75, 3.05) is 109 Å². The third-order valence-corrected chi connectivity index (χ3v) is 19.0. The number of piperidine rings is 4. The number of ether oxygens (including phenoxy) is 12. The smallest absolute Gasteiger partial charge is 0.323 e. The second-order valence-electron chi connectivity index (χ2n) is 27.0. The molecule has 0 bridgehead atoms. The largest absolute Gasteiger partial charge is 0.493 e. The van der Waals surface area contributed by atoms with Gasteiger partial charge in [0, 0.05) is 219 Å². The van der Waals surface area contributed by atoms with E-state index in [0.717, 1.165) is 47.6 Å². The predicted molar refractivity (Wildman–Crippen MR) is 471 cm³/mol. The Labute approximate surface area is 840 Å². The molecule has 4 fully saturated rings. The number of carbonyl (C=O) groups is 4. The highest BCUT2D eigenvalue weighted by Crippen LogP contribution is 2.50. The summed E-state index contributed by atoms with van der Waals surface area (Å²) in [5.74, 6) is -52.1. The Bertz CT molecular complexity index is 7790. The molecular formula is C96H152N8O16. The van der Waals surface area contributed by atoms with Crippen LogP contribution in [0.5, 0.6) is 46.0 Å². The van der Waals surface area contributed by atoms with E-state index in [0.29, 0.717) is 42.4 Å². The molecule has 12 rings (SSSR count). The third-order valence-electron chi connectivity index (χ3n) is 19.0. The normalized spacial score (nSPS) is 44.8. The van der Waals surface area contributed by atoms with Gasteiger partial charge in [-0.05, 0) is 191 Å². The molecule has 120 heavy (non-hydrogen) atoms. The molecule has 4 saturated heterocycles. The molecule has 8 heterocycles. The van der Waals surface area contributed by atoms with E-state index in [1.165, 1.54) is 0 Å². The number of rotatable bonds is 28. The van der Waals surface area contributed by atoms with E-state index in [4.69, 9.17) is 198 Å². The highest BCUT2D eigenvalue weighted by molar-refractivity contribution is 5.77. The van der Waals surface area contributed by atoms with Crippen molar-refractivity contribution in [3.63, 3.8) is 0 Å². The van der Waals surface area contributed by atoms with Crippen LogP contribution in [0.4, 0.5) is 0 Å². The first-order valence-corrected chi connectivity index (χ1v) is 35.8. The fourth-order valence-corrected chi connectivity index (χ4v) is 13.5. The minimum absolute atomic E-state index is 0.386. The van der Waals surface area contributed by atoms with Gasteiger partial charge in [0.05, 0.1) is 82.8 Å². The van der Waals surface area contributed by atoms with E-state index in [2.05, 4.69) is 0 Å². The Morgan fingerprint density at radius 3 is 0.858 bits per heavy atom. The van der Waals surface area contributed by atoms with Crippen molar-refractivity contribution >= 4 is 23.9 Å². The summed E-state index contributed by atoms with van der Waals surface area (Å²) >= 11 is 0. The molecule has 0 amide bonds. The maximum Gasteiger partial charge on any atom is 0.323 e. The topological polar surface area (TPSA) is 296 Å². The number of hydrogen-bond donors (Lipinski definition) is 4. The minimum atomic E-state index is -4.15. The second kappa shape index (κ2) is 43.9. The lowest BCUT2D eigenvalue weighted by Crippen LogP contribution is -2.51. The van der Waals surface area contributed by atoms with Crippen molar-refractivity contribution < 1.29 is 195 Å². The summed E-state index contributed by atoms with van der Waals surface area (Å²) in [6, 6.07) is -29.7. The zero-order chi connectivity index (χ0) is 163. The fraction of sp³-hybridized carbons (Fsp3) is 0.708. The van der Waals surface area contributed by atoms with Crippen molar-refractivity contribution in [1.82, 2.24) is 19.6 Å². The van der Waals surface area contributed by atoms with Crippen molar-refractivity contribution in [3.05, 3.63) is 92.8 Å². The van der Waals surface area contributed by atoms with Gasteiger partial charge < -0.3 is 79.8 Å². The number of nitrogens with two attached hydrogens (primary N) is 4. The van der Waals surface area contributed by atoms with Crippen molar-refractivity contribution in [2.24, 2.45) is 93.8 Å². The Morgan fingerprint density at radius 1 is 0.375 bits per heavy atom. The summed E-state index contributed by atoms with van der Waals surface area (Å²) in [5.41, 5.74) is 17.3. The van der Waals surface area contributed by atoms with Crippen LogP contribution >= 0.6 is 0 Å². The van der Waals surface area contributed by atoms with Crippen LogP contribution in [-0.2, 0) is 63.6 Å². The lowest BCUT2D eigenvalue weighted by molar-refractivity contribution is -0.161. The molecule has 0 spiro atoms. The van der Waals surface area contributed by atoms with Crippen LogP contribution in [0.3, 0.4) is 0 Å². The number of carbonyl (C=O) groups excluding carboxylic acids is 4. The van der Waals surface area contributed by atoms with Gasteiger partial charge in [-0.3, -0.25) is 38.8 Å². The Kier molecular flexibility index (Phi) is 12.0. The van der Waals surface area contributed by atoms with Gasteiger partial charge in [0.1, 0.15) is 48.5 Å². The highest BCUT2D eigenvalue weighted by Gasteiger charge is 2.47. The molecule has 24 heteroatoms. The molecular weight excluding hydrogens is 1520 g/mol. The zero-order valence-electron chi connectivity index (χ0n) is 153. The van der Waals surface area contributed by atoms with Crippen molar-refractivity contribution in [1.29, 1.82) is 0 Å². The summed E-state index contributed by atoms with van der Waals surface area (Å²) in [5, 5.41) is 0. The van der Waals surface area contributed by atoms with Gasteiger partial charge >= 0.3 is 23.9 Å². The zero-order valence-corrected chi connectivity index (χ0v) is 66.1. The highest BCUT2D eigenvalue weighted by atomic mass is 16.6. The molecule has 0 aliphatic carbocycles. The average Bonchev–Trinajstić information content (AvgIpc) is 0.734. The first kappa shape index (κ1) is 32.7. The maximum atomic E-state index is 13.7. The molecule has 8 aliphatic rings. The predicted octanol–water partition coefficient (Wildman–Crippen LogP) is 14.3. The first-order chi connectivity index (χ1) is 90.9. The summed E-state index contributed by atoms with van der Waals surface area (Å²) in [4.78, 5) is 57.3. The Morgan fingerprint density at radius 2 is 0.608 bits per heavy atom. The number of methoxy groups -OCH3 is 8. The summed E-state index contributed by atoms with van der Waals surface area (Å²) in [7, 11) is -0.350. The van der Waals surface area contributed by atoms with Gasteiger partial charge in [0.25, 0.3) is 0 Å². The van der Waals surface area contributed by atoms with Crippen LogP contribution in [0.2, 0.25) is 0 Å². The van der Waals surface area contributed by atoms with Crippen LogP contribution in [0, 0.1) is 70.8 Å². The van der Waals surface area contributed by atoms with Crippen LogP contribution in [-0.4, -0.2) is 201 Å². The molecule has 24 nitrogen and oxygen atoms in total. The van der Waals surface area contributed by atoms with Crippen LogP contribution in [0.1, 0.15) is 349 Å². The molecule has 8 N–H and O–H groups in total. The number of esters is 4. The Balaban J connectivity index is 0.000000298. The van der Waals surface area contributed by atoms with Crippen LogP contribution in [0.15, 0.2) is 48.3 Å². The monoisotopic (exact) mass is 1760 g/mol. The van der Waals surface area contributed by atoms with Gasteiger partial charge in [-0.25, -0.2) is 0 Å². The lowest BCUT2D eigenvalue weighted by Gasteiger charge is -2.47. The summed E-state index contributed by atoms with van der Waals surface area (Å²) in [6.07, 6.45) is -40.7. The van der Waals surface area contributed by atoms with E-state index in [1.807, 2.05) is 0 Å². The first-order valence-electron chi connectivity index (χ1n) is 79.3. The quantitative estimate of drug-likeness (QED) is 0.0303. The standard InChI is InChI=1S/4C24H38N2O4/c4*1-14(2)9-17-13-26-8-7-16-10-21(28-5)22(29-6)11-18(16)19(26)12-20(17)30-24(27)23(25)15(3)4/h4*10-11,14-15,17,19-20,23H,7-9,12-13,25H2,1-6H3/t4*17?,19?,20?,23-/m0000/s1/i1D3,3D3,4D3,7D2,8D2,9D2,10D,11D,14D,15D,20D,23D;2*1D3,3D3,4D3,5D3,7D2,8D2,9D2,10D,11D,14D,15D,23D;1D3,3D3,4D3,7D2,8D2,9D2,10D,11D,14D,15D,23D/t4*14?,17?,19?,20?,23-. The fourth-order valence-electron chi connectivity index (χ4n) is 13.5. The van der Waals surface area contributed by atoms with E-state index in [1.54, 1.807) is 0 Å². The molecule has 20 atom stereocenters. The number of fused-ring (bicyclic) bond motifs is 12. The molecule has 672 valence electrons. The SMILES string of the molecule is [2H]c1c(OC)c(OC([2H])([2H])[2H])c([2H])c2c1C1CC(OC(=O)[C@@]([2H])(N)C([2H])(C([2H])([2H])[2H])C([2H])([2H])[2H])C(C([2H])([2H])C([2H])(C)C([2H])([2H])[2H])CN1C([2H])([2H])C2([2H])[2H].[2H]c1c(OC)c(OC([2H])([2H])[2H])c([2H])c2c1C1CC(OC(=O)[C@@]([2H])(N)C([2H])(C([2H])([2H])[2H])C([2H])([2H])[2H])C(C([2H])([2H])C([2H])(C)C([2H])([2H])[2H])CN1C([2H])([2H])C2([2H])[2H].[2H]c1c(OC)c(OC)c([2H])c2c1C1CC(OC(=O)[C@@]([2H])(N)C([2H])(C([2H])([2H])[2H])C([2H])([2H])[2H])C(C([2H])([2H])C([2H])(C)C([2H])([2H])[2H])CN1C([2H])([2H])C2([2H])[2H].[2H]c1c(OC)c(OC)c([2H])c2c1C1CC([2H])(OC(=O)[C@@]([2H])(N)C([2H])(C([2H])([2H])[2H])C([2H])([2H])[2H])C(C([2H])([2H])C([2H])(C)C([2H])([2H])[2H])CN1C([2H])([2H])C2([2H])[2H]. The van der Waals surface area contributed by atoms with Gasteiger partial charge in [-0.15, -0.1) is 0 Å². The van der Waals surface area contributed by atoms with Crippen LogP contribution in [0.25, 0.3) is 0 Å². The molecule has 0 radical (unpaired) electrons. The van der Waals surface area contributed by atoms with E-state index < -0.39 is 526 Å². The van der Waals surface area contributed by atoms with Crippen molar-refractivity contribution in [2.45, 2.75) is 259 Å². The number of benzene rings is 4. The van der Waals surface area contributed by atoms with E-state index >= 15 is 0 Å². The molecule has 4 aromatic rings. The Hall–Kier alpha value is -7.16. The second-order valence-corrected chi connectivity index (χ2v) is 27.0. The van der Waals surface area contributed by atoms with Gasteiger partial charge in [-0.1, -0.05) is 110 Å². The molecule has 4 aromatic carbocycles. The number of nitrogens with zero attached hydrogens (tertiary/aromatic N) is 4. The molecule has 8 aliphatic heterocycles. The molecule has 0 saturated carbocycles. The van der Waals surface area contributed by atoms with E-state index in [9.17, 15) is 20.5 Å². The third kappa shape index (κ3) is 23.8. The van der Waals surface area contributed by atoms with Gasteiger partial charge in [-0.2, -0.15) is 0 Å². The van der Waals surface area contributed by atoms with Gasteiger partial charge in [0.2, 0.25) is 0 Å². The van der Waals surface area contributed by atoms with E-state index in [-0.39, 0.29) is 5.75 Å². The van der Waals surface area contributed by atoms with Gasteiger partial charge in [0.15, 0.2) is 46.0 Å². The number of hydrogen-bond acceptors (Lipinski definition) is 24. The van der Waals surface area contributed by atoms with Crippen LogP contribution < -0.4 is 60.8 Å². The molecule has 0 aromatic heterocycles. The maximum absolute atomic E-state index is 13.7. The summed E-state index contributed by atoms with van der Waals surface area (Å²) < 4.78 is 780.